The molecule has 26 heavy (non-hydrogen) atoms. The Balaban J connectivity index is 0.000000289. The van der Waals surface area contributed by atoms with Gasteiger partial charge in [-0.25, -0.2) is 14.4 Å². The van der Waals surface area contributed by atoms with E-state index in [4.69, 9.17) is 15.3 Å². The molecule has 0 saturated carbocycles. The topological polar surface area (TPSA) is 112 Å². The van der Waals surface area contributed by atoms with Crippen molar-refractivity contribution >= 4 is 17.9 Å². The molecule has 0 fully saturated rings. The van der Waals surface area contributed by atoms with Gasteiger partial charge < -0.3 is 15.3 Å². The van der Waals surface area contributed by atoms with Crippen LogP contribution in [-0.4, -0.2) is 33.2 Å². The van der Waals surface area contributed by atoms with E-state index in [1.807, 2.05) is 19.9 Å². The highest BCUT2D eigenvalue weighted by molar-refractivity contribution is 6.03. The van der Waals surface area contributed by atoms with E-state index in [-0.39, 0.29) is 11.1 Å². The van der Waals surface area contributed by atoms with Gasteiger partial charge in [0.1, 0.15) is 0 Å². The van der Waals surface area contributed by atoms with Crippen molar-refractivity contribution in [1.82, 2.24) is 0 Å². The van der Waals surface area contributed by atoms with Gasteiger partial charge >= 0.3 is 17.9 Å². The molecule has 0 aliphatic heterocycles. The third kappa shape index (κ3) is 4.92. The van der Waals surface area contributed by atoms with Gasteiger partial charge in [-0.15, -0.1) is 0 Å². The fourth-order valence-electron chi connectivity index (χ4n) is 2.66. The van der Waals surface area contributed by atoms with Crippen molar-refractivity contribution in [2.24, 2.45) is 0 Å². The second-order valence-electron chi connectivity index (χ2n) is 5.56. The van der Waals surface area contributed by atoms with Crippen molar-refractivity contribution in [2.45, 2.75) is 33.6 Å². The lowest BCUT2D eigenvalue weighted by Gasteiger charge is -2.12. The van der Waals surface area contributed by atoms with E-state index in [0.717, 1.165) is 11.1 Å². The lowest BCUT2D eigenvalue weighted by atomic mass is 9.93. The smallest absolute Gasteiger partial charge is 0.336 e. The molecule has 0 aromatic heterocycles. The molecule has 0 saturated heterocycles. The number of rotatable bonds is 5. The Bertz CT molecular complexity index is 823. The largest absolute Gasteiger partial charge is 0.478 e. The summed E-state index contributed by atoms with van der Waals surface area (Å²) in [5.41, 5.74) is 2.48. The van der Waals surface area contributed by atoms with Crippen LogP contribution in [0.3, 0.4) is 0 Å². The van der Waals surface area contributed by atoms with E-state index in [9.17, 15) is 14.4 Å². The molecule has 138 valence electrons. The zero-order chi connectivity index (χ0) is 19.9. The van der Waals surface area contributed by atoms with Gasteiger partial charge in [0.2, 0.25) is 0 Å². The molecule has 0 bridgehead atoms. The molecule has 2 aromatic rings. The Morgan fingerprint density at radius 2 is 1.35 bits per heavy atom. The minimum absolute atomic E-state index is 0.0747. The van der Waals surface area contributed by atoms with Gasteiger partial charge in [0, 0.05) is 0 Å². The Hall–Kier alpha value is -3.15. The zero-order valence-electron chi connectivity index (χ0n) is 14.9. The highest BCUT2D eigenvalue weighted by atomic mass is 16.4. The fourth-order valence-corrected chi connectivity index (χ4v) is 2.66. The van der Waals surface area contributed by atoms with Crippen LogP contribution in [-0.2, 0) is 12.8 Å². The molecule has 0 aliphatic rings. The van der Waals surface area contributed by atoms with Crippen molar-refractivity contribution in [2.75, 3.05) is 0 Å². The molecule has 0 amide bonds. The first-order chi connectivity index (χ1) is 12.2. The van der Waals surface area contributed by atoms with Crippen molar-refractivity contribution in [1.29, 1.82) is 0 Å². The van der Waals surface area contributed by atoms with Gasteiger partial charge in [-0.05, 0) is 48.6 Å². The van der Waals surface area contributed by atoms with Gasteiger partial charge in [0.05, 0.1) is 16.7 Å². The maximum Gasteiger partial charge on any atom is 0.336 e. The fraction of sp³-hybridized carbons (Fsp3) is 0.250. The number of carbonyl (C=O) groups is 3. The van der Waals surface area contributed by atoms with Crippen LogP contribution in [0.2, 0.25) is 0 Å². The van der Waals surface area contributed by atoms with Crippen LogP contribution in [0.5, 0.6) is 0 Å². The molecule has 6 heteroatoms. The Morgan fingerprint density at radius 3 is 1.73 bits per heavy atom. The summed E-state index contributed by atoms with van der Waals surface area (Å²) in [6, 6.07) is 9.97. The number of aryl methyl sites for hydroxylation is 2. The Labute approximate surface area is 151 Å². The van der Waals surface area contributed by atoms with Gasteiger partial charge in [-0.3, -0.25) is 0 Å². The van der Waals surface area contributed by atoms with E-state index < -0.39 is 17.9 Å². The molecule has 0 radical (unpaired) electrons. The summed E-state index contributed by atoms with van der Waals surface area (Å²) in [4.78, 5) is 32.5. The summed E-state index contributed by atoms with van der Waals surface area (Å²) in [5.74, 6) is -3.24. The average Bonchev–Trinajstić information content (AvgIpc) is 2.60. The van der Waals surface area contributed by atoms with Gasteiger partial charge in [0.25, 0.3) is 0 Å². The number of carboxylic acid groups (broad SMARTS) is 3. The van der Waals surface area contributed by atoms with Crippen molar-refractivity contribution in [3.63, 3.8) is 0 Å². The molecule has 0 aliphatic carbocycles. The second kappa shape index (κ2) is 9.36. The predicted octanol–water partition coefficient (Wildman–Crippen LogP) is 3.90. The summed E-state index contributed by atoms with van der Waals surface area (Å²) in [5, 5.41) is 26.6. The van der Waals surface area contributed by atoms with Gasteiger partial charge in [-0.2, -0.15) is 0 Å². The second-order valence-corrected chi connectivity index (χ2v) is 5.56. The normalized spacial score (nSPS) is 9.81. The lowest BCUT2D eigenvalue weighted by molar-refractivity contribution is 0.0650. The first kappa shape index (κ1) is 20.9. The van der Waals surface area contributed by atoms with E-state index in [0.29, 0.717) is 24.0 Å². The number of benzene rings is 2. The van der Waals surface area contributed by atoms with E-state index in [1.165, 1.54) is 6.07 Å². The standard InChI is InChI=1S/C12H14O4.C8H8O2/c1-3-7-5-6-9(11(13)14)10(12(15)16)8(7)4-2;1-6-4-2-3-5-7(6)8(9)10/h5-6H,3-4H2,1-2H3,(H,13,14)(H,15,16);2-5H,1H3,(H,9,10). The molecule has 0 spiro atoms. The van der Waals surface area contributed by atoms with Crippen LogP contribution in [0, 0.1) is 6.92 Å². The summed E-state index contributed by atoms with van der Waals surface area (Å²) in [6.45, 7) is 5.52. The first-order valence-electron chi connectivity index (χ1n) is 8.14. The number of aromatic carboxylic acids is 3. The highest BCUT2D eigenvalue weighted by Crippen LogP contribution is 2.21. The van der Waals surface area contributed by atoms with Crippen LogP contribution in [0.1, 0.15) is 61.6 Å². The Morgan fingerprint density at radius 1 is 0.769 bits per heavy atom. The minimum atomic E-state index is -1.20. The number of hydrogen-bond donors (Lipinski definition) is 3. The molecule has 6 nitrogen and oxygen atoms in total. The molecular weight excluding hydrogens is 336 g/mol. The zero-order valence-corrected chi connectivity index (χ0v) is 14.9. The maximum atomic E-state index is 11.1. The van der Waals surface area contributed by atoms with Crippen molar-refractivity contribution < 1.29 is 29.7 Å². The monoisotopic (exact) mass is 358 g/mol. The van der Waals surface area contributed by atoms with Crippen LogP contribution < -0.4 is 0 Å². The molecule has 2 aromatic carbocycles. The van der Waals surface area contributed by atoms with E-state index in [1.54, 1.807) is 31.2 Å². The van der Waals surface area contributed by atoms with E-state index in [2.05, 4.69) is 0 Å². The molecular formula is C20H22O6. The molecule has 2 rings (SSSR count). The SMILES string of the molecule is CCc1ccc(C(=O)O)c(C(=O)O)c1CC.Cc1ccccc1C(=O)O. The van der Waals surface area contributed by atoms with E-state index >= 15 is 0 Å². The van der Waals surface area contributed by atoms with Gasteiger partial charge in [-0.1, -0.05) is 38.1 Å². The molecule has 0 unspecified atom stereocenters. The third-order valence-corrected chi connectivity index (χ3v) is 3.96. The van der Waals surface area contributed by atoms with Crippen LogP contribution >= 0.6 is 0 Å². The summed E-state index contributed by atoms with van der Waals surface area (Å²) in [6.07, 6.45) is 1.22. The predicted molar refractivity (Wildman–Crippen MR) is 97.3 cm³/mol. The summed E-state index contributed by atoms with van der Waals surface area (Å²) in [7, 11) is 0. The van der Waals surface area contributed by atoms with Crippen LogP contribution in [0.25, 0.3) is 0 Å². The van der Waals surface area contributed by atoms with Crippen LogP contribution in [0.15, 0.2) is 36.4 Å². The summed E-state index contributed by atoms with van der Waals surface area (Å²) >= 11 is 0. The van der Waals surface area contributed by atoms with Gasteiger partial charge in [0.15, 0.2) is 0 Å². The Kier molecular flexibility index (Phi) is 7.52. The van der Waals surface area contributed by atoms with Crippen molar-refractivity contribution in [3.8, 4) is 0 Å². The first-order valence-corrected chi connectivity index (χ1v) is 8.14. The number of hydrogen-bond acceptors (Lipinski definition) is 3. The van der Waals surface area contributed by atoms with Crippen LogP contribution in [0.4, 0.5) is 0 Å². The average molecular weight is 358 g/mol. The minimum Gasteiger partial charge on any atom is -0.478 e. The maximum absolute atomic E-state index is 11.1. The summed E-state index contributed by atoms with van der Waals surface area (Å²) < 4.78 is 0. The lowest BCUT2D eigenvalue weighted by Crippen LogP contribution is -2.13. The third-order valence-electron chi connectivity index (χ3n) is 3.96. The molecule has 3 N–H and O–H groups in total. The van der Waals surface area contributed by atoms with Crippen molar-refractivity contribution in [3.05, 3.63) is 69.8 Å². The molecule has 0 atom stereocenters. The highest BCUT2D eigenvalue weighted by Gasteiger charge is 2.21. The molecule has 0 heterocycles. The number of carboxylic acids is 3. The quantitative estimate of drug-likeness (QED) is 0.747.